The topological polar surface area (TPSA) is 76.5 Å². The van der Waals surface area contributed by atoms with Crippen LogP contribution >= 0.6 is 0 Å². The van der Waals surface area contributed by atoms with E-state index < -0.39 is 18.1 Å². The summed E-state index contributed by atoms with van der Waals surface area (Å²) in [7, 11) is 0. The fourth-order valence-electron chi connectivity index (χ4n) is 5.29. The number of carbonyl (C=O) groups excluding carboxylic acids is 2. The van der Waals surface area contributed by atoms with Crippen molar-refractivity contribution >= 4 is 28.3 Å². The number of nitrogens with zero attached hydrogens (tertiary/aromatic N) is 3. The Balaban J connectivity index is 1.40. The Morgan fingerprint density at radius 3 is 2.62 bits per heavy atom. The lowest BCUT2D eigenvalue weighted by molar-refractivity contribution is -0.199. The number of amides is 1. The number of piperidine rings is 1. The van der Waals surface area contributed by atoms with Crippen molar-refractivity contribution in [3.05, 3.63) is 59.4 Å². The van der Waals surface area contributed by atoms with E-state index in [4.69, 9.17) is 0 Å². The quantitative estimate of drug-likeness (QED) is 0.624. The highest BCUT2D eigenvalue weighted by Crippen LogP contribution is 2.56. The molecule has 2 aliphatic heterocycles. The number of anilines is 1. The van der Waals surface area contributed by atoms with Gasteiger partial charge in [0.15, 0.2) is 0 Å². The van der Waals surface area contributed by atoms with Crippen molar-refractivity contribution in [2.24, 2.45) is 0 Å². The second-order valence-electron chi connectivity index (χ2n) is 9.11. The van der Waals surface area contributed by atoms with E-state index in [1.165, 1.54) is 6.07 Å². The van der Waals surface area contributed by atoms with Gasteiger partial charge in [-0.25, -0.2) is 4.79 Å². The molecule has 1 aliphatic carbocycles. The number of benzene rings is 2. The van der Waals surface area contributed by atoms with Gasteiger partial charge in [0.05, 0.1) is 23.5 Å². The summed E-state index contributed by atoms with van der Waals surface area (Å²) in [4.78, 5) is 28.7. The lowest BCUT2D eigenvalue weighted by Crippen LogP contribution is -2.36. The summed E-state index contributed by atoms with van der Waals surface area (Å²) in [5, 5.41) is 9.71. The number of alkyl halides is 3. The molecule has 1 saturated carbocycles. The Labute approximate surface area is 192 Å². The number of aromatic nitrogens is 2. The smallest absolute Gasteiger partial charge is 0.324 e. The van der Waals surface area contributed by atoms with Crippen LogP contribution in [0, 0.1) is 0 Å². The van der Waals surface area contributed by atoms with Gasteiger partial charge >= 0.3 is 12.1 Å². The van der Waals surface area contributed by atoms with Gasteiger partial charge in [-0.3, -0.25) is 9.48 Å². The Bertz CT molecular complexity index is 1320. The van der Waals surface area contributed by atoms with Crippen LogP contribution in [0.1, 0.15) is 53.2 Å². The first-order valence-electron chi connectivity index (χ1n) is 11.2. The van der Waals surface area contributed by atoms with Crippen molar-refractivity contribution in [1.29, 1.82) is 0 Å². The van der Waals surface area contributed by atoms with Crippen LogP contribution in [0.25, 0.3) is 10.8 Å². The van der Waals surface area contributed by atoms with E-state index in [9.17, 15) is 22.8 Å². The standard InChI is InChI=1S/C24H21F3N4O3/c25-24(26,27)22(33)34-31-19-5-4-18(16-2-1-3-17(20(16)19)21(31)32)23(8-9-23)14-12-29-30(13-14)15-6-10-28-11-7-15/h1-5,12-13,15,28H,6-11H2. The number of carbonyl (C=O) groups is 2. The van der Waals surface area contributed by atoms with Crippen LogP contribution in [0.2, 0.25) is 0 Å². The first-order chi connectivity index (χ1) is 16.3. The summed E-state index contributed by atoms with van der Waals surface area (Å²) in [6.45, 7) is 1.92. The minimum atomic E-state index is -5.21. The Hall–Kier alpha value is -3.40. The minimum absolute atomic E-state index is 0.137. The summed E-state index contributed by atoms with van der Waals surface area (Å²) >= 11 is 0. The molecule has 1 aromatic heterocycles. The fraction of sp³-hybridized carbons (Fsp3) is 0.375. The summed E-state index contributed by atoms with van der Waals surface area (Å²) in [6, 6.07) is 8.84. The lowest BCUT2D eigenvalue weighted by Gasteiger charge is -2.23. The van der Waals surface area contributed by atoms with Crippen LogP contribution < -0.4 is 10.4 Å². The van der Waals surface area contributed by atoms with Gasteiger partial charge in [0, 0.05) is 22.6 Å². The van der Waals surface area contributed by atoms with E-state index in [2.05, 4.69) is 21.4 Å². The molecular weight excluding hydrogens is 449 g/mol. The monoisotopic (exact) mass is 470 g/mol. The molecule has 7 nitrogen and oxygen atoms in total. The van der Waals surface area contributed by atoms with Gasteiger partial charge in [0.2, 0.25) is 0 Å². The molecule has 1 saturated heterocycles. The van der Waals surface area contributed by atoms with Crippen molar-refractivity contribution in [3.63, 3.8) is 0 Å². The van der Waals surface area contributed by atoms with Crippen LogP contribution in [0.15, 0.2) is 42.7 Å². The number of hydrogen-bond donors (Lipinski definition) is 1. The van der Waals surface area contributed by atoms with Gasteiger partial charge in [0.25, 0.3) is 5.91 Å². The Kier molecular flexibility index (Phi) is 4.54. The molecule has 10 heteroatoms. The zero-order chi connectivity index (χ0) is 23.7. The van der Waals surface area contributed by atoms with Crippen LogP contribution in [0.3, 0.4) is 0 Å². The molecule has 34 heavy (non-hydrogen) atoms. The van der Waals surface area contributed by atoms with Crippen molar-refractivity contribution in [1.82, 2.24) is 15.1 Å². The van der Waals surface area contributed by atoms with Gasteiger partial charge in [-0.05, 0) is 61.9 Å². The number of hydrogen-bond acceptors (Lipinski definition) is 5. The molecule has 1 N–H and O–H groups in total. The average Bonchev–Trinajstić information content (AvgIpc) is 3.39. The molecule has 2 aromatic carbocycles. The van der Waals surface area contributed by atoms with Crippen molar-refractivity contribution in [3.8, 4) is 0 Å². The highest BCUT2D eigenvalue weighted by atomic mass is 19.4. The molecule has 3 heterocycles. The van der Waals surface area contributed by atoms with Gasteiger partial charge in [-0.1, -0.05) is 18.2 Å². The number of halogens is 3. The van der Waals surface area contributed by atoms with Crippen molar-refractivity contribution < 1.29 is 27.6 Å². The SMILES string of the molecule is O=C1c2cccc3c(C4(c5cnn(C6CCNCC6)c5)CC4)ccc(c23)N1OC(=O)C(F)(F)F. The molecule has 0 bridgehead atoms. The molecule has 1 amide bonds. The number of hydroxylamine groups is 1. The van der Waals surface area contributed by atoms with Crippen LogP contribution in [0.5, 0.6) is 0 Å². The molecule has 3 aromatic rings. The summed E-state index contributed by atoms with van der Waals surface area (Å²) in [5.74, 6) is -3.23. The van der Waals surface area contributed by atoms with E-state index in [0.29, 0.717) is 16.5 Å². The van der Waals surface area contributed by atoms with Crippen LogP contribution in [0.4, 0.5) is 18.9 Å². The number of nitrogens with one attached hydrogen (secondary N) is 1. The normalized spacial score (nSPS) is 19.6. The zero-order valence-electron chi connectivity index (χ0n) is 18.1. The first kappa shape index (κ1) is 21.2. The third kappa shape index (κ3) is 3.12. The largest absolute Gasteiger partial charge is 0.493 e. The van der Waals surface area contributed by atoms with Crippen LogP contribution in [-0.2, 0) is 15.0 Å². The molecule has 0 radical (unpaired) electrons. The predicted molar refractivity (Wildman–Crippen MR) is 116 cm³/mol. The predicted octanol–water partition coefficient (Wildman–Crippen LogP) is 4.02. The maximum Gasteiger partial charge on any atom is 0.493 e. The summed E-state index contributed by atoms with van der Waals surface area (Å²) < 4.78 is 40.4. The van der Waals surface area contributed by atoms with Gasteiger partial charge in [-0.2, -0.15) is 18.3 Å². The van der Waals surface area contributed by atoms with Crippen LogP contribution in [-0.4, -0.2) is 40.9 Å². The van der Waals surface area contributed by atoms with Crippen molar-refractivity contribution in [2.45, 2.75) is 43.3 Å². The van der Waals surface area contributed by atoms with Gasteiger partial charge < -0.3 is 10.2 Å². The average molecular weight is 470 g/mol. The van der Waals surface area contributed by atoms with E-state index in [0.717, 1.165) is 55.3 Å². The van der Waals surface area contributed by atoms with E-state index >= 15 is 0 Å². The highest BCUT2D eigenvalue weighted by molar-refractivity contribution is 6.25. The molecule has 0 unspecified atom stereocenters. The molecule has 3 aliphatic rings. The molecule has 0 atom stereocenters. The van der Waals surface area contributed by atoms with E-state index in [1.54, 1.807) is 12.1 Å². The van der Waals surface area contributed by atoms with Crippen molar-refractivity contribution in [2.75, 3.05) is 18.2 Å². The molecule has 0 spiro atoms. The van der Waals surface area contributed by atoms with Gasteiger partial charge in [-0.15, -0.1) is 5.06 Å². The van der Waals surface area contributed by atoms with E-state index in [-0.39, 0.29) is 16.7 Å². The Morgan fingerprint density at radius 2 is 1.91 bits per heavy atom. The third-order valence-corrected chi connectivity index (χ3v) is 7.16. The van der Waals surface area contributed by atoms with Gasteiger partial charge in [0.1, 0.15) is 0 Å². The summed E-state index contributed by atoms with van der Waals surface area (Å²) in [5.41, 5.74) is 2.18. The summed E-state index contributed by atoms with van der Waals surface area (Å²) in [6.07, 6.45) is 2.65. The molecular formula is C24H21F3N4O3. The second kappa shape index (κ2) is 7.30. The first-order valence-corrected chi connectivity index (χ1v) is 11.2. The Morgan fingerprint density at radius 1 is 1.15 bits per heavy atom. The maximum atomic E-state index is 12.8. The molecule has 2 fully saturated rings. The molecule has 176 valence electrons. The number of rotatable bonds is 4. The second-order valence-corrected chi connectivity index (χ2v) is 9.11. The highest BCUT2D eigenvalue weighted by Gasteiger charge is 2.49. The van der Waals surface area contributed by atoms with E-state index in [1.807, 2.05) is 23.0 Å². The fourth-order valence-corrected chi connectivity index (χ4v) is 5.29. The third-order valence-electron chi connectivity index (χ3n) is 7.16. The molecule has 6 rings (SSSR count). The zero-order valence-corrected chi connectivity index (χ0v) is 18.1. The maximum absolute atomic E-state index is 12.8. The minimum Gasteiger partial charge on any atom is -0.324 e. The lowest BCUT2D eigenvalue weighted by atomic mass is 9.85.